The van der Waals surface area contributed by atoms with Gasteiger partial charge in [-0.2, -0.15) is 4.39 Å². The molecule has 0 aromatic heterocycles. The van der Waals surface area contributed by atoms with Gasteiger partial charge in [0.1, 0.15) is 0 Å². The van der Waals surface area contributed by atoms with Gasteiger partial charge in [-0.25, -0.2) is 21.6 Å². The summed E-state index contributed by atoms with van der Waals surface area (Å²) < 4.78 is 88.6. The van der Waals surface area contributed by atoms with E-state index in [1.54, 1.807) is 12.1 Å². The fraction of sp³-hybridized carbons (Fsp3) is 0.143. The Morgan fingerprint density at radius 1 is 0.767 bits per heavy atom. The molecule has 1 N–H and O–H groups in total. The van der Waals surface area contributed by atoms with Crippen molar-refractivity contribution in [1.29, 1.82) is 0 Å². The number of hydrogen-bond donors (Lipinski definition) is 1. The summed E-state index contributed by atoms with van der Waals surface area (Å²) in [7, 11) is -4.83. The van der Waals surface area contributed by atoms with Crippen LogP contribution in [0, 0.1) is 23.3 Å². The van der Waals surface area contributed by atoms with Gasteiger partial charge in [-0.3, -0.25) is 4.72 Å². The van der Waals surface area contributed by atoms with Crippen LogP contribution in [0.4, 0.5) is 23.2 Å². The van der Waals surface area contributed by atoms with E-state index in [9.17, 15) is 26.0 Å². The highest BCUT2D eigenvalue weighted by Crippen LogP contribution is 2.38. The van der Waals surface area contributed by atoms with Crippen LogP contribution in [0.15, 0.2) is 59.5 Å². The summed E-state index contributed by atoms with van der Waals surface area (Å²) in [5, 5.41) is 0. The molecule has 0 unspecified atom stereocenters. The van der Waals surface area contributed by atoms with Crippen molar-refractivity contribution < 1.29 is 30.7 Å². The molecular weight excluding hydrogens is 422 g/mol. The van der Waals surface area contributed by atoms with E-state index in [4.69, 9.17) is 4.74 Å². The monoisotopic (exact) mass is 437 g/mol. The zero-order valence-corrected chi connectivity index (χ0v) is 16.1. The van der Waals surface area contributed by atoms with Crippen LogP contribution < -0.4 is 9.46 Å². The first-order valence-electron chi connectivity index (χ1n) is 8.99. The van der Waals surface area contributed by atoms with E-state index in [-0.39, 0.29) is 5.69 Å². The Balaban J connectivity index is 1.70. The summed E-state index contributed by atoms with van der Waals surface area (Å²) in [5.74, 6) is -9.45. The molecule has 1 saturated carbocycles. The largest absolute Gasteiger partial charge is 0.486 e. The molecule has 0 radical (unpaired) electrons. The molecular formula is C21H15F4NO3S. The van der Waals surface area contributed by atoms with Gasteiger partial charge >= 0.3 is 0 Å². The van der Waals surface area contributed by atoms with Crippen molar-refractivity contribution in [2.45, 2.75) is 23.8 Å². The third-order valence-corrected chi connectivity index (χ3v) is 5.91. The van der Waals surface area contributed by atoms with Crippen molar-refractivity contribution in [2.24, 2.45) is 0 Å². The Hall–Kier alpha value is -3.07. The predicted molar refractivity (Wildman–Crippen MR) is 103 cm³/mol. The highest BCUT2D eigenvalue weighted by atomic mass is 32.2. The number of halogens is 4. The van der Waals surface area contributed by atoms with Crippen LogP contribution >= 0.6 is 0 Å². The highest BCUT2D eigenvalue weighted by Gasteiger charge is 2.37. The molecule has 4 nitrogen and oxygen atoms in total. The normalized spacial score (nSPS) is 13.9. The quantitative estimate of drug-likeness (QED) is 0.326. The molecule has 1 aliphatic carbocycles. The molecule has 0 bridgehead atoms. The topological polar surface area (TPSA) is 55.4 Å². The van der Waals surface area contributed by atoms with Crippen LogP contribution in [0.1, 0.15) is 12.8 Å². The first-order valence-corrected chi connectivity index (χ1v) is 10.5. The van der Waals surface area contributed by atoms with Gasteiger partial charge in [0.05, 0.1) is 6.10 Å². The lowest BCUT2D eigenvalue weighted by molar-refractivity contribution is 0.262. The number of hydrogen-bond acceptors (Lipinski definition) is 3. The molecule has 30 heavy (non-hydrogen) atoms. The molecule has 0 amide bonds. The number of sulfonamides is 1. The van der Waals surface area contributed by atoms with E-state index in [2.05, 4.69) is 4.72 Å². The van der Waals surface area contributed by atoms with Crippen LogP contribution in [-0.2, 0) is 10.0 Å². The second-order valence-corrected chi connectivity index (χ2v) is 8.40. The van der Waals surface area contributed by atoms with E-state index in [1.165, 1.54) is 12.1 Å². The third kappa shape index (κ3) is 3.85. The van der Waals surface area contributed by atoms with Gasteiger partial charge in [0.25, 0.3) is 10.0 Å². The Kier molecular flexibility index (Phi) is 5.15. The van der Waals surface area contributed by atoms with Crippen molar-refractivity contribution in [3.63, 3.8) is 0 Å². The molecule has 4 rings (SSSR count). The molecule has 156 valence electrons. The number of anilines is 1. The maximum Gasteiger partial charge on any atom is 0.268 e. The van der Waals surface area contributed by atoms with Crippen molar-refractivity contribution in [2.75, 3.05) is 4.72 Å². The van der Waals surface area contributed by atoms with Crippen molar-refractivity contribution >= 4 is 15.7 Å². The number of rotatable bonds is 6. The summed E-state index contributed by atoms with van der Waals surface area (Å²) in [5.41, 5.74) is 1.71. The lowest BCUT2D eigenvalue weighted by Gasteiger charge is -2.16. The van der Waals surface area contributed by atoms with E-state index in [0.29, 0.717) is 12.8 Å². The highest BCUT2D eigenvalue weighted by molar-refractivity contribution is 7.92. The Labute approximate surface area is 170 Å². The van der Waals surface area contributed by atoms with Crippen LogP contribution in [0.25, 0.3) is 11.1 Å². The maximum absolute atomic E-state index is 14.4. The van der Waals surface area contributed by atoms with Crippen LogP contribution in [0.5, 0.6) is 5.75 Å². The molecule has 3 aromatic carbocycles. The first kappa shape index (κ1) is 20.2. The summed E-state index contributed by atoms with van der Waals surface area (Å²) in [6.45, 7) is 0. The predicted octanol–water partition coefficient (Wildman–Crippen LogP) is 5.25. The van der Waals surface area contributed by atoms with Crippen molar-refractivity contribution in [3.8, 4) is 16.9 Å². The first-order chi connectivity index (χ1) is 14.3. The summed E-state index contributed by atoms with van der Waals surface area (Å²) >= 11 is 0. The smallest absolute Gasteiger partial charge is 0.268 e. The lowest BCUT2D eigenvalue weighted by Crippen LogP contribution is -2.19. The van der Waals surface area contributed by atoms with Gasteiger partial charge in [0.15, 0.2) is 22.3 Å². The molecule has 0 spiro atoms. The van der Waals surface area contributed by atoms with E-state index in [0.717, 1.165) is 11.1 Å². The van der Waals surface area contributed by atoms with Crippen LogP contribution in [0.3, 0.4) is 0 Å². The third-order valence-electron chi connectivity index (χ3n) is 4.50. The van der Waals surface area contributed by atoms with Crippen LogP contribution in [-0.4, -0.2) is 14.5 Å². The zero-order valence-electron chi connectivity index (χ0n) is 15.3. The Morgan fingerprint density at radius 2 is 1.33 bits per heavy atom. The van der Waals surface area contributed by atoms with Gasteiger partial charge < -0.3 is 4.74 Å². The fourth-order valence-electron chi connectivity index (χ4n) is 2.86. The van der Waals surface area contributed by atoms with Gasteiger partial charge in [0.2, 0.25) is 11.6 Å². The van der Waals surface area contributed by atoms with E-state index >= 15 is 0 Å². The maximum atomic E-state index is 14.4. The fourth-order valence-corrected chi connectivity index (χ4v) is 4.11. The SMILES string of the molecule is O=S(=O)(Nc1ccc(-c2ccccc2)cc1)c1c(F)c(F)c(F)c(F)c1OC1CC1. The Morgan fingerprint density at radius 3 is 1.93 bits per heavy atom. The second kappa shape index (κ2) is 7.64. The summed E-state index contributed by atoms with van der Waals surface area (Å²) in [4.78, 5) is -1.40. The average Bonchev–Trinajstić information content (AvgIpc) is 3.55. The number of benzene rings is 3. The molecule has 1 aliphatic rings. The minimum absolute atomic E-state index is 0.0246. The van der Waals surface area contributed by atoms with E-state index < -0.39 is 50.0 Å². The molecule has 1 fully saturated rings. The van der Waals surface area contributed by atoms with Gasteiger partial charge in [0, 0.05) is 5.69 Å². The molecule has 9 heteroatoms. The molecule has 0 atom stereocenters. The molecule has 3 aromatic rings. The Bertz CT molecular complexity index is 1200. The van der Waals surface area contributed by atoms with E-state index in [1.807, 2.05) is 30.3 Å². The average molecular weight is 437 g/mol. The summed E-state index contributed by atoms with van der Waals surface area (Å²) in [6, 6.07) is 15.3. The van der Waals surface area contributed by atoms with Crippen molar-refractivity contribution in [1.82, 2.24) is 0 Å². The molecule has 0 saturated heterocycles. The van der Waals surface area contributed by atoms with Gasteiger partial charge in [-0.1, -0.05) is 42.5 Å². The molecule has 0 heterocycles. The molecule has 0 aliphatic heterocycles. The van der Waals surface area contributed by atoms with Gasteiger partial charge in [-0.05, 0) is 36.1 Å². The standard InChI is InChI=1S/C21H15F4NO3S/c22-16-17(23)19(25)21(20(18(16)24)29-15-10-11-15)30(27,28)26-14-8-6-13(7-9-14)12-4-2-1-3-5-12/h1-9,15,26H,10-11H2. The summed E-state index contributed by atoms with van der Waals surface area (Å²) in [6.07, 6.45) is 0.352. The second-order valence-electron chi connectivity index (χ2n) is 6.78. The zero-order chi connectivity index (χ0) is 21.5. The number of ether oxygens (including phenoxy) is 1. The minimum atomic E-state index is -4.83. The number of nitrogens with one attached hydrogen (secondary N) is 1. The van der Waals surface area contributed by atoms with Crippen LogP contribution in [0.2, 0.25) is 0 Å². The minimum Gasteiger partial charge on any atom is -0.486 e. The lowest BCUT2D eigenvalue weighted by atomic mass is 10.1. The van der Waals surface area contributed by atoms with Crippen molar-refractivity contribution in [3.05, 3.63) is 77.9 Å². The van der Waals surface area contributed by atoms with Gasteiger partial charge in [-0.15, -0.1) is 0 Å².